The second-order valence-corrected chi connectivity index (χ2v) is 22.7. The molecule has 0 N–H and O–H groups in total. The maximum atomic E-state index is 8.55. The summed E-state index contributed by atoms with van der Waals surface area (Å²) < 4.78 is 409. The molecule has 5 fully saturated rings. The molecule has 10 aromatic carbocycles. The molecule has 100 heavy (non-hydrogen) atoms. The van der Waals surface area contributed by atoms with E-state index < -0.39 is 279 Å². The Bertz CT molecular complexity index is 5980. The lowest BCUT2D eigenvalue weighted by Crippen LogP contribution is -2.46. The Morgan fingerprint density at radius 2 is 0.400 bits per heavy atom. The number of nitrogens with zero attached hydrogens (tertiary/aromatic N) is 10. The third kappa shape index (κ3) is 21.4. The molecule has 5 aliphatic heterocycles. The van der Waals surface area contributed by atoms with Crippen molar-refractivity contribution in [2.24, 2.45) is 0 Å². The van der Waals surface area contributed by atoms with Gasteiger partial charge in [0.05, 0.1) is 57.6 Å². The SMILES string of the molecule is [2H]C([2H])([2H])N1C([2H])([2H])CN(C(c2ccccc2)c2ccccc2)CC1([2H])[2H].[2H]C1([2H])CN(C(c2ccccc2)c2ccccc2)CC([2H])([2H])N1C.[2H]C1([2H])N(C)C([2H])([2H])C([2H])([2H])N(C(c2ccccc2)c2ccccc2)C1([2H])[2H].[2H]c1c([2H])c([2H])c(C(c2c([2H])c([2H])c([2H])c([2H])c2[2H])N2CC([2H])([2H])N(C([2H])([2H])[2H])C([2H])([2H])C2)c([2H])c1[2H].[2H]c1c([2H])c([2H])c(C(c2c([2H])c([2H])c([2H])c([2H])c2[2H])N2CC([2H])([2H])N(C)C([2H])([2H])C2)c([2H])c1[2H]. The minimum atomic E-state index is -3.22. The quantitative estimate of drug-likeness (QED) is 0.0990. The monoisotopic (exact) mass is 1380 g/mol. The zero-order chi connectivity index (χ0) is 113. The highest BCUT2D eigenvalue weighted by Crippen LogP contribution is 2.34. The van der Waals surface area contributed by atoms with Gasteiger partial charge in [-0.05, 0) is 90.7 Å². The highest BCUT2D eigenvalue weighted by molar-refractivity contribution is 5.37. The van der Waals surface area contributed by atoms with Gasteiger partial charge in [-0.25, -0.2) is 0 Å². The molecule has 10 heteroatoms. The summed E-state index contributed by atoms with van der Waals surface area (Å²) in [5.41, 5.74) is 2.96. The van der Waals surface area contributed by atoms with Gasteiger partial charge in [-0.1, -0.05) is 303 Å². The zero-order valence-corrected chi connectivity index (χ0v) is 55.3. The van der Waals surface area contributed by atoms with Gasteiger partial charge in [-0.15, -0.1) is 0 Å². The van der Waals surface area contributed by atoms with E-state index in [2.05, 4.69) is 0 Å². The number of piperazine rings is 5. The minimum absolute atomic E-state index is 0.0461. The molecule has 5 heterocycles. The summed E-state index contributed by atoms with van der Waals surface area (Å²) in [6.45, 7) is -38.9. The molecule has 10 aromatic rings. The van der Waals surface area contributed by atoms with Gasteiger partial charge in [0.1, 0.15) is 0 Å². The van der Waals surface area contributed by atoms with E-state index in [0.717, 1.165) is 44.0 Å². The standard InChI is InChI=1S/5C18H22N2/c5*1-19-12-14-20(15-13-19)18(16-8-4-2-5-9-16)17-10-6-3-7-11-17/h5*2-11,18H,12-15H2,1H3/i1D3,2D,3D,4D,5D,6D,7D,8D,9D,10D,11D,12D2,13D2;2D,3D,4D,5D,6D,7D,8D,9D,10D,11D,12D2,13D2;12D2,13D2,14D2,15D2;1D3,12D2,13D2;12D2,13D2. The van der Waals surface area contributed by atoms with Gasteiger partial charge in [0, 0.05) is 171 Å². The maximum Gasteiger partial charge on any atom is 0.0626 e. The van der Waals surface area contributed by atoms with Crippen LogP contribution in [0.1, 0.15) is 154 Å². The van der Waals surface area contributed by atoms with Crippen LogP contribution in [0.2, 0.25) is 0 Å². The molecule has 0 aliphatic carbocycles. The minimum Gasteiger partial charge on any atom is -0.304 e. The van der Waals surface area contributed by atoms with E-state index in [1.165, 1.54) is 19.0 Å². The van der Waals surface area contributed by atoms with Crippen LogP contribution < -0.4 is 0 Å². The molecule has 520 valence electrons. The van der Waals surface area contributed by atoms with Gasteiger partial charge in [0.2, 0.25) is 0 Å². The van der Waals surface area contributed by atoms with Crippen LogP contribution in [-0.4, -0.2) is 214 Å². The third-order valence-electron chi connectivity index (χ3n) is 16.0. The Morgan fingerprint density at radius 1 is 0.220 bits per heavy atom. The number of likely N-dealkylation sites (N-methyl/N-ethyl adjacent to an activating group) is 5. The maximum absolute atomic E-state index is 8.55. The lowest BCUT2D eigenvalue weighted by atomic mass is 9.96. The molecule has 0 radical (unpaired) electrons. The summed E-state index contributed by atoms with van der Waals surface area (Å²) in [5, 5.41) is 0. The fraction of sp³-hybridized carbons (Fsp3) is 0.333. The molecule has 10 nitrogen and oxygen atoms in total. The summed E-state index contributed by atoms with van der Waals surface area (Å²) in [7, 11) is 3.81. The first-order valence-corrected chi connectivity index (χ1v) is 32.0. The van der Waals surface area contributed by atoms with Gasteiger partial charge in [0.15, 0.2) is 0 Å². The summed E-state index contributed by atoms with van der Waals surface area (Å²) in [4.78, 5) is 9.32. The van der Waals surface area contributed by atoms with Crippen molar-refractivity contribution < 1.29 is 68.5 Å². The Balaban J connectivity index is 0.000000179. The van der Waals surface area contributed by atoms with Gasteiger partial charge >= 0.3 is 0 Å². The van der Waals surface area contributed by atoms with E-state index >= 15 is 0 Å². The highest BCUT2D eigenvalue weighted by atomic mass is 15.3. The van der Waals surface area contributed by atoms with E-state index in [1.54, 1.807) is 65.6 Å². The van der Waals surface area contributed by atoms with Crippen LogP contribution in [-0.2, 0) is 0 Å². The number of hydrogen-bond acceptors (Lipinski definition) is 10. The second-order valence-electron chi connectivity index (χ2n) is 22.7. The van der Waals surface area contributed by atoms with Crippen LogP contribution in [0.4, 0.5) is 0 Å². The Kier molecular flexibility index (Phi) is 12.9. The topological polar surface area (TPSA) is 32.4 Å². The second kappa shape index (κ2) is 39.1. The Labute approximate surface area is 671 Å². The molecule has 0 unspecified atom stereocenters. The van der Waals surface area contributed by atoms with Crippen LogP contribution in [0.25, 0.3) is 0 Å². The van der Waals surface area contributed by atoms with E-state index in [4.69, 9.17) is 68.5 Å². The fourth-order valence-corrected chi connectivity index (χ4v) is 11.2. The van der Waals surface area contributed by atoms with Gasteiger partial charge in [-0.2, -0.15) is 0 Å². The molecule has 0 amide bonds. The number of benzene rings is 10. The number of hydrogen-bond donors (Lipinski definition) is 0. The average Bonchev–Trinajstić information content (AvgIpc) is 0.684. The van der Waals surface area contributed by atoms with Crippen LogP contribution in [0, 0.1) is 0 Å². The van der Waals surface area contributed by atoms with Crippen molar-refractivity contribution in [3.8, 4) is 0 Å². The fourth-order valence-electron chi connectivity index (χ4n) is 11.2. The largest absolute Gasteiger partial charge is 0.304 e. The molecule has 0 bridgehead atoms. The summed E-state index contributed by atoms with van der Waals surface area (Å²) in [5.74, 6) is 0. The first kappa shape index (κ1) is 32.8. The third-order valence-corrected chi connectivity index (χ3v) is 16.0. The van der Waals surface area contributed by atoms with Crippen molar-refractivity contribution in [3.63, 3.8) is 0 Å². The van der Waals surface area contributed by atoms with Crippen molar-refractivity contribution in [2.75, 3.05) is 165 Å². The number of rotatable bonds is 15. The predicted octanol–water partition coefficient (Wildman–Crippen LogP) is 15.1. The molecular weight excluding hydrogens is 1220 g/mol. The highest BCUT2D eigenvalue weighted by Gasteiger charge is 2.30. The Morgan fingerprint density at radius 3 is 0.610 bits per heavy atom. The smallest absolute Gasteiger partial charge is 0.0626 e. The van der Waals surface area contributed by atoms with Gasteiger partial charge in [0.25, 0.3) is 0 Å². The molecule has 0 saturated carbocycles. The van der Waals surface area contributed by atoms with Crippen molar-refractivity contribution >= 4 is 0 Å². The first-order chi connectivity index (χ1) is 68.8. The van der Waals surface area contributed by atoms with Crippen LogP contribution in [0.3, 0.4) is 0 Å². The summed E-state index contributed by atoms with van der Waals surface area (Å²) in [6.07, 6.45) is 0. The summed E-state index contributed by atoms with van der Waals surface area (Å²) >= 11 is 0. The summed E-state index contributed by atoms with van der Waals surface area (Å²) in [6, 6.07) is 36.0. The molecule has 15 rings (SSSR count). The average molecular weight is 1380 g/mol. The Hall–Kier alpha value is -8.20. The van der Waals surface area contributed by atoms with Crippen molar-refractivity contribution in [1.82, 2.24) is 49.0 Å². The van der Waals surface area contributed by atoms with Crippen molar-refractivity contribution in [2.45, 2.75) is 30.2 Å². The zero-order valence-electron chi connectivity index (χ0n) is 105. The molecule has 0 spiro atoms. The lowest BCUT2D eigenvalue weighted by molar-refractivity contribution is 0.127. The van der Waals surface area contributed by atoms with Gasteiger partial charge < -0.3 is 24.5 Å². The van der Waals surface area contributed by atoms with Crippen molar-refractivity contribution in [3.05, 3.63) is 358 Å². The molecular formula is C90H110N10. The molecule has 5 aliphatic rings. The lowest BCUT2D eigenvalue weighted by Gasteiger charge is -2.38. The van der Waals surface area contributed by atoms with Crippen LogP contribution >= 0.6 is 0 Å². The van der Waals surface area contributed by atoms with E-state index in [9.17, 15) is 0 Å². The van der Waals surface area contributed by atoms with Crippen molar-refractivity contribution in [1.29, 1.82) is 0 Å². The van der Waals surface area contributed by atoms with Crippen LogP contribution in [0.5, 0.6) is 0 Å². The van der Waals surface area contributed by atoms with Gasteiger partial charge in [-0.3, -0.25) is 24.5 Å². The molecule has 0 aromatic heterocycles. The normalized spacial score (nSPS) is 31.0. The molecule has 0 atom stereocenters. The van der Waals surface area contributed by atoms with E-state index in [-0.39, 0.29) is 43.2 Å². The predicted molar refractivity (Wildman–Crippen MR) is 419 cm³/mol. The van der Waals surface area contributed by atoms with E-state index in [1.807, 2.05) is 126 Å². The molecule has 5 saturated heterocycles. The van der Waals surface area contributed by atoms with E-state index in [0.29, 0.717) is 25.8 Å². The van der Waals surface area contributed by atoms with Crippen LogP contribution in [0.15, 0.2) is 303 Å². The first-order valence-electron chi connectivity index (χ1n) is 57.0.